The summed E-state index contributed by atoms with van der Waals surface area (Å²) in [7, 11) is 0. The van der Waals surface area contributed by atoms with Crippen molar-refractivity contribution in [3.8, 4) is 0 Å². The van der Waals surface area contributed by atoms with E-state index in [1.807, 2.05) is 0 Å². The topological polar surface area (TPSA) is 123 Å². The summed E-state index contributed by atoms with van der Waals surface area (Å²) in [6, 6.07) is 8.36. The number of hydrogen-bond acceptors (Lipinski definition) is 8. The molecule has 5 rings (SSSR count). The van der Waals surface area contributed by atoms with Gasteiger partial charge in [0.2, 0.25) is 0 Å². The number of hydrogen-bond donors (Lipinski definition) is 3. The summed E-state index contributed by atoms with van der Waals surface area (Å²) in [5, 5.41) is 30.1. The van der Waals surface area contributed by atoms with Crippen molar-refractivity contribution >= 4 is 43.0 Å². The van der Waals surface area contributed by atoms with E-state index in [2.05, 4.69) is 46.1 Å². The molecule has 0 amide bonds. The van der Waals surface area contributed by atoms with Crippen molar-refractivity contribution in [3.63, 3.8) is 0 Å². The van der Waals surface area contributed by atoms with Gasteiger partial charge in [0, 0.05) is 0 Å². The molecule has 1 saturated carbocycles. The van der Waals surface area contributed by atoms with Crippen molar-refractivity contribution in [2.45, 2.75) is 68.1 Å². The molecule has 1 aliphatic carbocycles. The molecule has 1 aliphatic heterocycles. The first-order chi connectivity index (χ1) is 16.4. The number of halogens is 1. The van der Waals surface area contributed by atoms with Crippen LogP contribution >= 0.6 is 11.6 Å². The average molecular weight is 550 g/mol. The third-order valence-electron chi connectivity index (χ3n) is 6.42. The summed E-state index contributed by atoms with van der Waals surface area (Å²) >= 11 is 5.88. The molecule has 0 spiro atoms. The van der Waals surface area contributed by atoms with Gasteiger partial charge in [0.15, 0.2) is 0 Å². The minimum atomic E-state index is -1.23. The molecule has 3 aromatic rings. The number of aryl methyl sites for hydroxylation is 1. The minimum absolute atomic E-state index is 0.0986. The summed E-state index contributed by atoms with van der Waals surface area (Å²) in [5.74, 6) is 0. The Hall–Kier alpha value is -1.58. The molecule has 9 nitrogen and oxygen atoms in total. The predicted octanol–water partition coefficient (Wildman–Crippen LogP) is 1.29. The van der Waals surface area contributed by atoms with Crippen LogP contribution in [-0.4, -0.2) is 81.6 Å². The van der Waals surface area contributed by atoms with Crippen LogP contribution in [0.1, 0.15) is 36.6 Å². The van der Waals surface area contributed by atoms with Crippen LogP contribution in [0.2, 0.25) is 9.99 Å². The Labute approximate surface area is 208 Å². The van der Waals surface area contributed by atoms with Crippen LogP contribution in [-0.2, 0) is 16.1 Å². The first-order valence-corrected chi connectivity index (χ1v) is 13.7. The van der Waals surface area contributed by atoms with Gasteiger partial charge in [0.25, 0.3) is 0 Å². The molecule has 1 saturated heterocycles. The van der Waals surface area contributed by atoms with Crippen molar-refractivity contribution in [2.24, 2.45) is 0 Å². The van der Waals surface area contributed by atoms with E-state index in [9.17, 15) is 15.3 Å². The van der Waals surface area contributed by atoms with Gasteiger partial charge in [0.05, 0.1) is 0 Å². The van der Waals surface area contributed by atoms with Gasteiger partial charge in [-0.1, -0.05) is 0 Å². The van der Waals surface area contributed by atoms with Crippen LogP contribution in [0.25, 0.3) is 11.2 Å². The molecule has 2 fully saturated rings. The Kier molecular flexibility index (Phi) is 7.23. The maximum absolute atomic E-state index is 10.4. The van der Waals surface area contributed by atoms with Crippen LogP contribution in [0.4, 0.5) is 0 Å². The molecule has 6 unspecified atom stereocenters. The second-order valence-corrected chi connectivity index (χ2v) is 12.0. The average Bonchev–Trinajstić information content (AvgIpc) is 3.51. The van der Waals surface area contributed by atoms with E-state index < -0.39 is 46.9 Å². The number of rotatable bonds is 7. The Morgan fingerprint density at radius 3 is 2.85 bits per heavy atom. The van der Waals surface area contributed by atoms with Gasteiger partial charge in [-0.3, -0.25) is 0 Å². The SMILES string of the molecule is Cc1cccc(COC2CCCC2[As]c2nc(Cl)nc3c2ncn3C2OC(CO)C(O)C2O)c1. The molecule has 6 atom stereocenters. The molecule has 34 heavy (non-hydrogen) atoms. The van der Waals surface area contributed by atoms with Crippen LogP contribution in [0, 0.1) is 6.92 Å². The third-order valence-corrected chi connectivity index (χ3v) is 9.69. The zero-order valence-electron chi connectivity index (χ0n) is 18.7. The third kappa shape index (κ3) is 4.75. The fourth-order valence-corrected chi connectivity index (χ4v) is 8.03. The van der Waals surface area contributed by atoms with Crippen molar-refractivity contribution in [1.82, 2.24) is 19.5 Å². The number of aliphatic hydroxyl groups excluding tert-OH is 3. The summed E-state index contributed by atoms with van der Waals surface area (Å²) in [4.78, 5) is 13.4. The summed E-state index contributed by atoms with van der Waals surface area (Å²) in [6.45, 7) is 2.26. The number of aromatic nitrogens is 4. The molecule has 3 N–H and O–H groups in total. The van der Waals surface area contributed by atoms with E-state index in [0.29, 0.717) is 22.5 Å². The van der Waals surface area contributed by atoms with E-state index in [0.717, 1.165) is 23.7 Å². The maximum atomic E-state index is 10.4. The predicted molar refractivity (Wildman–Crippen MR) is 126 cm³/mol. The second kappa shape index (κ2) is 10.2. The van der Waals surface area contributed by atoms with Crippen LogP contribution < -0.4 is 4.48 Å². The molecule has 3 heterocycles. The van der Waals surface area contributed by atoms with Gasteiger partial charge in [-0.15, -0.1) is 0 Å². The number of nitrogens with zero attached hydrogens (tertiary/aromatic N) is 4. The molecular weight excluding hydrogens is 523 g/mol. The van der Waals surface area contributed by atoms with Gasteiger partial charge in [-0.25, -0.2) is 0 Å². The second-order valence-electron chi connectivity index (χ2n) is 8.84. The number of imidazole rings is 1. The first kappa shape index (κ1) is 24.1. The van der Waals surface area contributed by atoms with Gasteiger partial charge in [0.1, 0.15) is 0 Å². The molecule has 1 radical (unpaired) electrons. The Bertz CT molecular complexity index is 1160. The first-order valence-electron chi connectivity index (χ1n) is 11.3. The van der Waals surface area contributed by atoms with Crippen molar-refractivity contribution < 1.29 is 24.8 Å². The van der Waals surface area contributed by atoms with Crippen molar-refractivity contribution in [3.05, 3.63) is 47.0 Å². The van der Waals surface area contributed by atoms with Gasteiger partial charge < -0.3 is 0 Å². The summed E-state index contributed by atoms with van der Waals surface area (Å²) < 4.78 is 14.7. The normalized spacial score (nSPS) is 29.7. The van der Waals surface area contributed by atoms with E-state index in [-0.39, 0.29) is 11.4 Å². The number of benzene rings is 1. The van der Waals surface area contributed by atoms with E-state index >= 15 is 0 Å². The van der Waals surface area contributed by atoms with Crippen LogP contribution in [0.3, 0.4) is 0 Å². The number of aliphatic hydroxyl groups is 3. The molecule has 11 heteroatoms. The Morgan fingerprint density at radius 1 is 1.24 bits per heavy atom. The van der Waals surface area contributed by atoms with Gasteiger partial charge in [-0.2, -0.15) is 0 Å². The molecule has 181 valence electrons. The van der Waals surface area contributed by atoms with Crippen molar-refractivity contribution in [1.29, 1.82) is 0 Å². The van der Waals surface area contributed by atoms with E-state index in [1.54, 1.807) is 4.57 Å². The quantitative estimate of drug-likeness (QED) is 0.298. The molecule has 0 bridgehead atoms. The monoisotopic (exact) mass is 549 g/mol. The molecule has 2 aliphatic rings. The zero-order valence-corrected chi connectivity index (χ0v) is 21.3. The number of ether oxygens (including phenoxy) is 2. The van der Waals surface area contributed by atoms with E-state index in [4.69, 9.17) is 21.1 Å². The van der Waals surface area contributed by atoms with Crippen LogP contribution in [0.15, 0.2) is 30.6 Å². The number of fused-ring (bicyclic) bond motifs is 1. The van der Waals surface area contributed by atoms with E-state index in [1.165, 1.54) is 17.5 Å². The molecular formula is C23H27AsClN4O5. The standard InChI is InChI=1S/C23H27AsClN4O5/c1-12-4-2-5-13(8-12)10-33-15-7-3-6-14(15)24-20-17-21(28-23(25)27-20)29(11-26-17)22-19(32)18(31)16(9-30)34-22/h2,4-5,8,11,14-16,18-19,22,30-32H,3,6-7,9-10H2,1H3. The zero-order chi connectivity index (χ0) is 23.8. The fourth-order valence-electron chi connectivity index (χ4n) is 4.67. The molecule has 2 aromatic heterocycles. The summed E-state index contributed by atoms with van der Waals surface area (Å²) in [5.41, 5.74) is 3.45. The Morgan fingerprint density at radius 2 is 2.09 bits per heavy atom. The van der Waals surface area contributed by atoms with Gasteiger partial charge >= 0.3 is 209 Å². The Balaban J connectivity index is 1.36. The summed E-state index contributed by atoms with van der Waals surface area (Å²) in [6.07, 6.45) is 0.622. The fraction of sp³-hybridized carbons (Fsp3) is 0.522. The van der Waals surface area contributed by atoms with Gasteiger partial charge in [-0.05, 0) is 0 Å². The molecule has 1 aromatic carbocycles. The van der Waals surface area contributed by atoms with Crippen molar-refractivity contribution in [2.75, 3.05) is 6.61 Å². The van der Waals surface area contributed by atoms with Crippen LogP contribution in [0.5, 0.6) is 0 Å².